The maximum atomic E-state index is 11.9. The quantitative estimate of drug-likeness (QED) is 0.530. The van der Waals surface area contributed by atoms with Crippen LogP contribution in [0, 0.1) is 6.07 Å². The van der Waals surface area contributed by atoms with E-state index in [-0.39, 0.29) is 5.75 Å². The van der Waals surface area contributed by atoms with Crippen molar-refractivity contribution in [3.8, 4) is 16.9 Å². The van der Waals surface area contributed by atoms with Crippen molar-refractivity contribution in [1.82, 2.24) is 0 Å². The second kappa shape index (κ2) is 7.66. The van der Waals surface area contributed by atoms with Crippen LogP contribution >= 0.6 is 13.6 Å². The van der Waals surface area contributed by atoms with Crippen LogP contribution < -0.4 is 4.74 Å². The van der Waals surface area contributed by atoms with Gasteiger partial charge in [0.05, 0.1) is 0 Å². The van der Waals surface area contributed by atoms with Crippen LogP contribution in [0.15, 0.2) is 48.5 Å². The molecular formula is C13H8BrF3OZn. The van der Waals surface area contributed by atoms with E-state index in [4.69, 9.17) is 0 Å². The predicted molar refractivity (Wildman–Crippen MR) is 66.3 cm³/mol. The van der Waals surface area contributed by atoms with Gasteiger partial charge in [-0.25, -0.2) is 0 Å². The number of rotatable bonds is 2. The Morgan fingerprint density at radius 1 is 0.895 bits per heavy atom. The Balaban J connectivity index is 0.000000861. The molecule has 2 aromatic carbocycles. The molecule has 0 spiro atoms. The van der Waals surface area contributed by atoms with E-state index in [2.05, 4.69) is 24.4 Å². The molecule has 2 aromatic rings. The molecule has 19 heavy (non-hydrogen) atoms. The van der Waals surface area contributed by atoms with Gasteiger partial charge in [-0.15, -0.1) is 18.7 Å². The summed E-state index contributed by atoms with van der Waals surface area (Å²) in [4.78, 5) is 0. The number of benzene rings is 2. The molecule has 6 heteroatoms. The Morgan fingerprint density at radius 3 is 1.84 bits per heavy atom. The fraction of sp³-hybridized carbons (Fsp3) is 0.0769. The minimum absolute atomic E-state index is 0.219. The minimum atomic E-state index is -4.65. The van der Waals surface area contributed by atoms with Crippen molar-refractivity contribution in [2.75, 3.05) is 0 Å². The second-order valence-corrected chi connectivity index (χ2v) is 3.36. The first-order valence-electron chi connectivity index (χ1n) is 5.14. The SMILES string of the molecule is FC(F)(F)Oc1ccc(-c2cc[c-]cc2)cc1.[Zn+][Br]. The Kier molecular flexibility index (Phi) is 6.52. The summed E-state index contributed by atoms with van der Waals surface area (Å²) >= 11 is 4.25. The van der Waals surface area contributed by atoms with Crippen LogP contribution in [0.2, 0.25) is 0 Å². The molecule has 0 unspecified atom stereocenters. The van der Waals surface area contributed by atoms with Gasteiger partial charge in [0.15, 0.2) is 0 Å². The van der Waals surface area contributed by atoms with Crippen molar-refractivity contribution in [2.45, 2.75) is 6.36 Å². The normalized spacial score (nSPS) is 10.4. The Hall–Kier alpha value is -0.867. The summed E-state index contributed by atoms with van der Waals surface area (Å²) in [6, 6.07) is 15.8. The molecule has 1 nitrogen and oxygen atoms in total. The van der Waals surface area contributed by atoms with Crippen LogP contribution in [-0.2, 0) is 16.3 Å². The summed E-state index contributed by atoms with van der Waals surface area (Å²) in [6.45, 7) is 0. The third-order valence-corrected chi connectivity index (χ3v) is 2.14. The van der Waals surface area contributed by atoms with Gasteiger partial charge in [0, 0.05) is 0 Å². The van der Waals surface area contributed by atoms with Gasteiger partial charge in [-0.2, -0.15) is 30.3 Å². The topological polar surface area (TPSA) is 9.23 Å². The molecule has 0 N–H and O–H groups in total. The first kappa shape index (κ1) is 16.2. The van der Waals surface area contributed by atoms with E-state index >= 15 is 0 Å². The molecular weight excluding hydrogens is 374 g/mol. The van der Waals surface area contributed by atoms with E-state index in [1.54, 1.807) is 24.3 Å². The molecule has 0 atom stereocenters. The number of halogens is 4. The second-order valence-electron chi connectivity index (χ2n) is 3.36. The van der Waals surface area contributed by atoms with E-state index in [1.807, 2.05) is 12.1 Å². The maximum absolute atomic E-state index is 11.9. The van der Waals surface area contributed by atoms with Crippen LogP contribution in [0.25, 0.3) is 11.1 Å². The third kappa shape index (κ3) is 5.75. The van der Waals surface area contributed by atoms with Gasteiger partial charge in [0.2, 0.25) is 0 Å². The third-order valence-electron chi connectivity index (χ3n) is 2.14. The van der Waals surface area contributed by atoms with Gasteiger partial charge in [-0.1, -0.05) is 12.1 Å². The van der Waals surface area contributed by atoms with Gasteiger partial charge >= 0.3 is 36.3 Å². The summed E-state index contributed by atoms with van der Waals surface area (Å²) in [7, 11) is 0. The van der Waals surface area contributed by atoms with Gasteiger partial charge < -0.3 is 4.74 Å². The summed E-state index contributed by atoms with van der Waals surface area (Å²) < 4.78 is 39.6. The zero-order valence-electron chi connectivity index (χ0n) is 9.75. The van der Waals surface area contributed by atoms with Crippen LogP contribution in [0.4, 0.5) is 13.2 Å². The number of alkyl halides is 3. The molecule has 0 aromatic heterocycles. The fourth-order valence-corrected chi connectivity index (χ4v) is 1.43. The van der Waals surface area contributed by atoms with Crippen LogP contribution in [0.5, 0.6) is 5.75 Å². The van der Waals surface area contributed by atoms with Crippen LogP contribution in [-0.4, -0.2) is 6.36 Å². The van der Waals surface area contributed by atoms with Crippen molar-refractivity contribution < 1.29 is 34.3 Å². The molecule has 0 fully saturated rings. The zero-order chi connectivity index (χ0) is 14.3. The Labute approximate surface area is 125 Å². The van der Waals surface area contributed by atoms with Crippen LogP contribution in [0.3, 0.4) is 0 Å². The van der Waals surface area contributed by atoms with Gasteiger partial charge in [0.1, 0.15) is 5.75 Å². The van der Waals surface area contributed by atoms with E-state index in [0.717, 1.165) is 11.1 Å². The molecule has 0 aliphatic carbocycles. The number of hydrogen-bond acceptors (Lipinski definition) is 1. The Morgan fingerprint density at radius 2 is 1.37 bits per heavy atom. The predicted octanol–water partition coefficient (Wildman–Crippen LogP) is 4.90. The average Bonchev–Trinajstić information content (AvgIpc) is 2.41. The fourth-order valence-electron chi connectivity index (χ4n) is 1.43. The van der Waals surface area contributed by atoms with Crippen molar-refractivity contribution in [1.29, 1.82) is 0 Å². The van der Waals surface area contributed by atoms with Crippen molar-refractivity contribution in [2.24, 2.45) is 0 Å². The first-order chi connectivity index (χ1) is 9.04. The van der Waals surface area contributed by atoms with Crippen molar-refractivity contribution in [3.05, 3.63) is 54.6 Å². The van der Waals surface area contributed by atoms with E-state index in [9.17, 15) is 13.2 Å². The van der Waals surface area contributed by atoms with Crippen molar-refractivity contribution >= 4 is 13.6 Å². The molecule has 0 aliphatic rings. The van der Waals surface area contributed by atoms with Gasteiger partial charge in [-0.3, -0.25) is 0 Å². The summed E-state index contributed by atoms with van der Waals surface area (Å²) in [5.41, 5.74) is 1.75. The van der Waals surface area contributed by atoms with E-state index in [1.165, 1.54) is 28.5 Å². The molecule has 0 radical (unpaired) electrons. The molecule has 0 bridgehead atoms. The van der Waals surface area contributed by atoms with Crippen LogP contribution in [0.1, 0.15) is 0 Å². The molecule has 0 amide bonds. The average molecular weight is 382 g/mol. The monoisotopic (exact) mass is 380 g/mol. The molecule has 2 rings (SSSR count). The molecule has 0 saturated carbocycles. The van der Waals surface area contributed by atoms with Gasteiger partial charge in [0.25, 0.3) is 0 Å². The molecule has 0 saturated heterocycles. The van der Waals surface area contributed by atoms with Crippen molar-refractivity contribution in [3.63, 3.8) is 0 Å². The molecule has 96 valence electrons. The molecule has 0 heterocycles. The zero-order valence-corrected chi connectivity index (χ0v) is 14.3. The molecule has 0 aliphatic heterocycles. The summed E-state index contributed by atoms with van der Waals surface area (Å²) in [6.07, 6.45) is -4.65. The van der Waals surface area contributed by atoms with E-state index < -0.39 is 6.36 Å². The summed E-state index contributed by atoms with van der Waals surface area (Å²) in [5, 5.41) is 0. The Bertz CT molecular complexity index is 485. The van der Waals surface area contributed by atoms with E-state index in [0.29, 0.717) is 0 Å². The number of hydrogen-bond donors (Lipinski definition) is 0. The van der Waals surface area contributed by atoms with Gasteiger partial charge in [-0.05, 0) is 17.7 Å². The summed E-state index contributed by atoms with van der Waals surface area (Å²) in [5.74, 6) is -0.219. The standard InChI is InChI=1S/C13H8F3O.BrH.Zn/c14-13(15,16)17-12-8-6-11(7-9-12)10-4-2-1-3-5-10;;/h2-9H;1H;/q-1;;+2/p-1. The first-order valence-corrected chi connectivity index (χ1v) is 12.1. The number of ether oxygens (including phenoxy) is 1.